The quantitative estimate of drug-likeness (QED) is 0.755. The van der Waals surface area contributed by atoms with Gasteiger partial charge in [0.2, 0.25) is 17.7 Å². The van der Waals surface area contributed by atoms with Crippen molar-refractivity contribution in [2.45, 2.75) is 32.5 Å². The number of hydrogen-bond acceptors (Lipinski definition) is 5. The number of ketones is 1. The van der Waals surface area contributed by atoms with E-state index in [0.29, 0.717) is 17.9 Å². The average Bonchev–Trinajstić information content (AvgIpc) is 3.12. The third kappa shape index (κ3) is 3.17. The van der Waals surface area contributed by atoms with E-state index >= 15 is 0 Å². The molecule has 3 heterocycles. The highest BCUT2D eigenvalue weighted by molar-refractivity contribution is 6.24. The summed E-state index contributed by atoms with van der Waals surface area (Å²) in [6.07, 6.45) is 3.29. The average molecular weight is 429 g/mol. The summed E-state index contributed by atoms with van der Waals surface area (Å²) < 4.78 is 0. The summed E-state index contributed by atoms with van der Waals surface area (Å²) in [5.74, 6) is -2.25. The highest BCUT2D eigenvalue weighted by Crippen LogP contribution is 2.47. The van der Waals surface area contributed by atoms with Crippen LogP contribution in [-0.4, -0.2) is 40.5 Å². The Labute approximate surface area is 185 Å². The van der Waals surface area contributed by atoms with Gasteiger partial charge in [-0.1, -0.05) is 35.9 Å². The third-order valence-corrected chi connectivity index (χ3v) is 6.49. The van der Waals surface area contributed by atoms with Crippen LogP contribution in [0.2, 0.25) is 0 Å². The monoisotopic (exact) mass is 429 g/mol. The maximum absolute atomic E-state index is 13.4. The molecule has 4 unspecified atom stereocenters. The summed E-state index contributed by atoms with van der Waals surface area (Å²) in [5, 5.41) is 2.67. The Bertz CT molecular complexity index is 1170. The van der Waals surface area contributed by atoms with E-state index in [1.54, 1.807) is 30.3 Å². The first-order valence-corrected chi connectivity index (χ1v) is 10.6. The van der Waals surface area contributed by atoms with E-state index in [1.165, 1.54) is 17.9 Å². The van der Waals surface area contributed by atoms with Gasteiger partial charge in [-0.3, -0.25) is 24.1 Å². The van der Waals surface area contributed by atoms with Gasteiger partial charge < -0.3 is 5.32 Å². The lowest BCUT2D eigenvalue weighted by atomic mass is 9.90. The van der Waals surface area contributed by atoms with Crippen molar-refractivity contribution < 1.29 is 19.2 Å². The number of hydrogen-bond donors (Lipinski definition) is 1. The van der Waals surface area contributed by atoms with E-state index in [4.69, 9.17) is 0 Å². The zero-order chi connectivity index (χ0) is 22.6. The fourth-order valence-corrected chi connectivity index (χ4v) is 5.24. The van der Waals surface area contributed by atoms with Crippen LogP contribution in [0.1, 0.15) is 18.1 Å². The van der Waals surface area contributed by atoms with Gasteiger partial charge in [-0.15, -0.1) is 0 Å². The molecule has 7 heteroatoms. The molecule has 7 nitrogen and oxygen atoms in total. The number of imide groups is 1. The molecule has 4 atom stereocenters. The number of benzene rings is 2. The molecule has 0 aromatic heterocycles. The van der Waals surface area contributed by atoms with Crippen molar-refractivity contribution in [3.8, 4) is 0 Å². The van der Waals surface area contributed by atoms with Gasteiger partial charge in [-0.25, -0.2) is 4.90 Å². The van der Waals surface area contributed by atoms with Crippen LogP contribution < -0.4 is 10.2 Å². The molecule has 2 fully saturated rings. The van der Waals surface area contributed by atoms with Crippen molar-refractivity contribution in [3.05, 3.63) is 71.8 Å². The molecule has 2 saturated heterocycles. The molecule has 3 amide bonds. The van der Waals surface area contributed by atoms with Crippen molar-refractivity contribution in [1.29, 1.82) is 0 Å². The van der Waals surface area contributed by atoms with E-state index in [-0.39, 0.29) is 29.5 Å². The minimum atomic E-state index is -0.699. The Morgan fingerprint density at radius 2 is 1.72 bits per heavy atom. The number of carbonyl (C=O) groups excluding carboxylic acids is 4. The van der Waals surface area contributed by atoms with Gasteiger partial charge in [-0.2, -0.15) is 0 Å². The third-order valence-electron chi connectivity index (χ3n) is 6.49. The number of fused-ring (bicyclic) bond motifs is 5. The van der Waals surface area contributed by atoms with Crippen LogP contribution >= 0.6 is 0 Å². The highest BCUT2D eigenvalue weighted by atomic mass is 16.2. The number of carbonyl (C=O) groups is 4. The number of nitrogens with one attached hydrogen (secondary N) is 1. The molecule has 32 heavy (non-hydrogen) atoms. The maximum Gasteiger partial charge on any atom is 0.239 e. The van der Waals surface area contributed by atoms with E-state index < -0.39 is 17.9 Å². The zero-order valence-corrected chi connectivity index (χ0v) is 17.8. The van der Waals surface area contributed by atoms with Crippen molar-refractivity contribution in [2.24, 2.45) is 11.8 Å². The minimum Gasteiger partial charge on any atom is -0.326 e. The predicted octanol–water partition coefficient (Wildman–Crippen LogP) is 2.45. The topological polar surface area (TPSA) is 86.8 Å². The van der Waals surface area contributed by atoms with Crippen LogP contribution in [0, 0.1) is 18.8 Å². The molecule has 2 bridgehead atoms. The first-order valence-electron chi connectivity index (χ1n) is 10.6. The summed E-state index contributed by atoms with van der Waals surface area (Å²) in [7, 11) is 0. The molecule has 3 aliphatic heterocycles. The normalized spacial score (nSPS) is 26.6. The summed E-state index contributed by atoms with van der Waals surface area (Å²) in [6.45, 7) is 3.93. The van der Waals surface area contributed by atoms with Crippen molar-refractivity contribution in [2.75, 3.05) is 10.2 Å². The fraction of sp³-hybridized carbons (Fsp3) is 0.280. The van der Waals surface area contributed by atoms with Gasteiger partial charge >= 0.3 is 0 Å². The second-order valence-corrected chi connectivity index (χ2v) is 8.65. The van der Waals surface area contributed by atoms with Crippen LogP contribution in [0.5, 0.6) is 0 Å². The lowest BCUT2D eigenvalue weighted by Crippen LogP contribution is -2.48. The van der Waals surface area contributed by atoms with Gasteiger partial charge in [-0.05, 0) is 42.8 Å². The largest absolute Gasteiger partial charge is 0.326 e. The summed E-state index contributed by atoms with van der Waals surface area (Å²) in [4.78, 5) is 54.1. The SMILES string of the molecule is CC(=O)Nc1ccc(N2C(=O)C3C(C2=O)C2C(=O)C=CC3N2Cc2cccc(C)c2)cc1. The summed E-state index contributed by atoms with van der Waals surface area (Å²) >= 11 is 0. The van der Waals surface area contributed by atoms with Crippen molar-refractivity contribution in [1.82, 2.24) is 4.90 Å². The standard InChI is InChI=1S/C25H23N3O4/c1-14-4-3-5-16(12-14)13-27-19-10-11-20(30)23(27)22-21(19)24(31)28(25(22)32)18-8-6-17(7-9-18)26-15(2)29/h3-12,19,21-23H,13H2,1-2H3,(H,26,29). The van der Waals surface area contributed by atoms with Gasteiger partial charge in [0.25, 0.3) is 0 Å². The molecule has 5 rings (SSSR count). The summed E-state index contributed by atoms with van der Waals surface area (Å²) in [5.41, 5.74) is 3.20. The maximum atomic E-state index is 13.4. The Morgan fingerprint density at radius 1 is 1.00 bits per heavy atom. The molecular formula is C25H23N3O4. The highest BCUT2D eigenvalue weighted by Gasteiger charge is 2.64. The van der Waals surface area contributed by atoms with Gasteiger partial charge in [0.1, 0.15) is 0 Å². The van der Waals surface area contributed by atoms with Crippen LogP contribution in [0.4, 0.5) is 11.4 Å². The van der Waals surface area contributed by atoms with Gasteiger partial charge in [0.05, 0.1) is 23.6 Å². The van der Waals surface area contributed by atoms with E-state index in [2.05, 4.69) is 11.4 Å². The van der Waals surface area contributed by atoms with Crippen LogP contribution in [0.15, 0.2) is 60.7 Å². The predicted molar refractivity (Wildman–Crippen MR) is 119 cm³/mol. The first-order chi connectivity index (χ1) is 15.3. The van der Waals surface area contributed by atoms with E-state index in [0.717, 1.165) is 11.1 Å². The molecule has 0 saturated carbocycles. The first kappa shape index (κ1) is 20.3. The molecule has 1 N–H and O–H groups in total. The Kier molecular flexibility index (Phi) is 4.78. The van der Waals surface area contributed by atoms with Gasteiger partial charge in [0.15, 0.2) is 5.78 Å². The number of anilines is 2. The van der Waals surface area contributed by atoms with Crippen LogP contribution in [0.3, 0.4) is 0 Å². The summed E-state index contributed by atoms with van der Waals surface area (Å²) in [6, 6.07) is 13.7. The van der Waals surface area contributed by atoms with Crippen LogP contribution in [0.25, 0.3) is 0 Å². The van der Waals surface area contributed by atoms with Crippen molar-refractivity contribution >= 4 is 34.9 Å². The van der Waals surface area contributed by atoms with Crippen LogP contribution in [-0.2, 0) is 25.7 Å². The zero-order valence-electron chi connectivity index (χ0n) is 17.8. The number of nitrogens with zero attached hydrogens (tertiary/aromatic N) is 2. The molecule has 0 radical (unpaired) electrons. The Hall–Kier alpha value is -3.58. The minimum absolute atomic E-state index is 0.134. The molecule has 3 aliphatic rings. The molecule has 2 aromatic rings. The fourth-order valence-electron chi connectivity index (χ4n) is 5.24. The second kappa shape index (κ2) is 7.53. The smallest absolute Gasteiger partial charge is 0.239 e. The Morgan fingerprint density at radius 3 is 2.41 bits per heavy atom. The lowest BCUT2D eigenvalue weighted by Gasteiger charge is -2.33. The molecule has 2 aromatic carbocycles. The Balaban J connectivity index is 1.45. The number of rotatable bonds is 4. The molecule has 0 spiro atoms. The lowest BCUT2D eigenvalue weighted by molar-refractivity contribution is -0.129. The molecule has 0 aliphatic carbocycles. The molecule has 162 valence electrons. The van der Waals surface area contributed by atoms with Crippen molar-refractivity contribution in [3.63, 3.8) is 0 Å². The van der Waals surface area contributed by atoms with Gasteiger partial charge in [0, 0.05) is 25.2 Å². The molecular weight excluding hydrogens is 406 g/mol. The van der Waals surface area contributed by atoms with E-state index in [9.17, 15) is 19.2 Å². The van der Waals surface area contributed by atoms with E-state index in [1.807, 2.05) is 30.0 Å². The number of amides is 3. The second-order valence-electron chi connectivity index (χ2n) is 8.65. The number of aryl methyl sites for hydroxylation is 1.